The van der Waals surface area contributed by atoms with Gasteiger partial charge in [0.05, 0.1) is 0 Å². The molecule has 0 unspecified atom stereocenters. The first-order valence-corrected chi connectivity index (χ1v) is 19.2. The molecule has 0 spiro atoms. The van der Waals surface area contributed by atoms with Gasteiger partial charge in [0.2, 0.25) is 11.8 Å². The van der Waals surface area contributed by atoms with E-state index in [0.717, 1.165) is 16.7 Å². The number of alkyl carbamates (subject to hydrolysis) is 3. The Morgan fingerprint density at radius 1 is 0.638 bits per heavy atom. The van der Waals surface area contributed by atoms with Gasteiger partial charge in [-0.25, -0.2) is 19.2 Å². The van der Waals surface area contributed by atoms with Crippen molar-refractivity contribution >= 4 is 36.2 Å². The lowest BCUT2D eigenvalue weighted by atomic mass is 10.1. The van der Waals surface area contributed by atoms with E-state index in [1.54, 1.807) is 20.8 Å². The van der Waals surface area contributed by atoms with Crippen LogP contribution >= 0.6 is 0 Å². The molecule has 16 nitrogen and oxygen atoms in total. The standard InChI is InChI=1S/C42H56N6O10/c1-42(2,3)58-40(53)47-35(22-14-24-45-38(51)56-29-32-17-9-5-10-18-32)37(50)44-23-13-21-34(46-39(52)57-30-33-19-11-6-12-20-33)27-36(49)43-25-26-48(41(54)55)28-31-15-7-4-8-16-31/h4-12,15-20,34-35H,13-14,21-30H2,1-3H3,(H,43,49)(H,44,50)(H,45,51)(H,46,52)(H,47,53)(H,54,55)/t34-,35-/m0/s1. The number of rotatable bonds is 22. The van der Waals surface area contributed by atoms with Gasteiger partial charge in [-0.1, -0.05) is 91.0 Å². The SMILES string of the molecule is CC(C)(C)OC(=O)N[C@@H](CCCNC(=O)OCc1ccccc1)C(=O)NCCC[C@@H](CC(=O)NCCN(Cc1ccccc1)C(=O)O)NC(=O)OCc1ccccc1. The van der Waals surface area contributed by atoms with Crippen molar-refractivity contribution in [1.82, 2.24) is 31.5 Å². The molecule has 314 valence electrons. The monoisotopic (exact) mass is 804 g/mol. The third-order valence-electron chi connectivity index (χ3n) is 8.34. The van der Waals surface area contributed by atoms with E-state index in [4.69, 9.17) is 14.2 Å². The van der Waals surface area contributed by atoms with E-state index >= 15 is 0 Å². The summed E-state index contributed by atoms with van der Waals surface area (Å²) in [5, 5.41) is 23.2. The molecule has 0 aromatic heterocycles. The Morgan fingerprint density at radius 2 is 1.17 bits per heavy atom. The largest absolute Gasteiger partial charge is 0.465 e. The Kier molecular flexibility index (Phi) is 19.9. The maximum absolute atomic E-state index is 13.3. The van der Waals surface area contributed by atoms with Crippen LogP contribution in [0.25, 0.3) is 0 Å². The maximum Gasteiger partial charge on any atom is 0.408 e. The van der Waals surface area contributed by atoms with E-state index in [1.807, 2.05) is 91.0 Å². The fourth-order valence-corrected chi connectivity index (χ4v) is 5.50. The van der Waals surface area contributed by atoms with Crippen LogP contribution in [0.3, 0.4) is 0 Å². The summed E-state index contributed by atoms with van der Waals surface area (Å²) in [7, 11) is 0. The fraction of sp³-hybridized carbons (Fsp3) is 0.429. The van der Waals surface area contributed by atoms with Crippen LogP contribution < -0.4 is 26.6 Å². The molecule has 3 aromatic rings. The Labute approximate surface area is 339 Å². The van der Waals surface area contributed by atoms with E-state index in [1.165, 1.54) is 4.90 Å². The van der Waals surface area contributed by atoms with Crippen LogP contribution in [0.15, 0.2) is 91.0 Å². The summed E-state index contributed by atoms with van der Waals surface area (Å²) in [5.74, 6) is -0.901. The molecule has 6 N–H and O–H groups in total. The topological polar surface area (TPSA) is 214 Å². The number of nitrogens with one attached hydrogen (secondary N) is 5. The highest BCUT2D eigenvalue weighted by molar-refractivity contribution is 5.85. The molecule has 0 aliphatic heterocycles. The van der Waals surface area contributed by atoms with Crippen LogP contribution in [0, 0.1) is 0 Å². The highest BCUT2D eigenvalue weighted by Crippen LogP contribution is 2.10. The van der Waals surface area contributed by atoms with Crippen LogP contribution in [0.1, 0.15) is 69.6 Å². The lowest BCUT2D eigenvalue weighted by Crippen LogP contribution is -2.48. The van der Waals surface area contributed by atoms with Gasteiger partial charge in [0.1, 0.15) is 24.9 Å². The molecule has 2 atom stereocenters. The predicted molar refractivity (Wildman–Crippen MR) is 215 cm³/mol. The van der Waals surface area contributed by atoms with Crippen LogP contribution in [0.5, 0.6) is 0 Å². The lowest BCUT2D eigenvalue weighted by molar-refractivity contribution is -0.123. The van der Waals surface area contributed by atoms with Gasteiger partial charge in [0, 0.05) is 45.2 Å². The summed E-state index contributed by atoms with van der Waals surface area (Å²) in [6.07, 6.45) is -2.28. The maximum atomic E-state index is 13.3. The van der Waals surface area contributed by atoms with Gasteiger partial charge in [-0.15, -0.1) is 0 Å². The zero-order valence-electron chi connectivity index (χ0n) is 33.4. The molecule has 3 rings (SSSR count). The van der Waals surface area contributed by atoms with Gasteiger partial charge in [-0.2, -0.15) is 0 Å². The van der Waals surface area contributed by atoms with E-state index in [0.29, 0.717) is 12.8 Å². The smallest absolute Gasteiger partial charge is 0.408 e. The minimum atomic E-state index is -1.12. The molecule has 0 aliphatic carbocycles. The quantitative estimate of drug-likeness (QED) is 0.0557. The minimum absolute atomic E-state index is 0.0184. The molecule has 0 bridgehead atoms. The van der Waals surface area contributed by atoms with E-state index < -0.39 is 53.9 Å². The van der Waals surface area contributed by atoms with Gasteiger partial charge in [-0.3, -0.25) is 9.59 Å². The first-order chi connectivity index (χ1) is 27.8. The number of amides is 6. The molecule has 3 aromatic carbocycles. The molecular weight excluding hydrogens is 748 g/mol. The Hall–Kier alpha value is -6.32. The second-order valence-electron chi connectivity index (χ2n) is 14.4. The molecule has 0 aliphatic rings. The Bertz CT molecular complexity index is 1720. The second kappa shape index (κ2) is 25.0. The summed E-state index contributed by atoms with van der Waals surface area (Å²) in [5.41, 5.74) is 1.62. The fourth-order valence-electron chi connectivity index (χ4n) is 5.50. The molecule has 0 fully saturated rings. The summed E-state index contributed by atoms with van der Waals surface area (Å²) < 4.78 is 15.9. The van der Waals surface area contributed by atoms with E-state index in [2.05, 4.69) is 26.6 Å². The van der Waals surface area contributed by atoms with Gasteiger partial charge in [-0.05, 0) is 63.1 Å². The number of nitrogens with zero attached hydrogens (tertiary/aromatic N) is 1. The normalized spacial score (nSPS) is 11.8. The molecule has 0 heterocycles. The van der Waals surface area contributed by atoms with Crippen molar-refractivity contribution in [2.45, 2.75) is 90.3 Å². The molecule has 6 amide bonds. The number of ether oxygens (including phenoxy) is 3. The number of benzene rings is 3. The zero-order valence-corrected chi connectivity index (χ0v) is 33.4. The summed E-state index contributed by atoms with van der Waals surface area (Å²) in [6.45, 7) is 5.80. The molecule has 0 saturated carbocycles. The number of hydrogen-bond acceptors (Lipinski definition) is 9. The van der Waals surface area contributed by atoms with Crippen LogP contribution in [-0.2, 0) is 43.6 Å². The summed E-state index contributed by atoms with van der Waals surface area (Å²) >= 11 is 0. The third kappa shape index (κ3) is 20.0. The first-order valence-electron chi connectivity index (χ1n) is 19.2. The highest BCUT2D eigenvalue weighted by Gasteiger charge is 2.25. The average molecular weight is 805 g/mol. The lowest BCUT2D eigenvalue weighted by Gasteiger charge is -2.23. The molecule has 16 heteroatoms. The number of carbonyl (C=O) groups excluding carboxylic acids is 5. The number of carbonyl (C=O) groups is 6. The van der Waals surface area contributed by atoms with Crippen molar-refractivity contribution in [3.05, 3.63) is 108 Å². The average Bonchev–Trinajstić information content (AvgIpc) is 3.19. The molecule has 58 heavy (non-hydrogen) atoms. The summed E-state index contributed by atoms with van der Waals surface area (Å²) in [6, 6.07) is 25.7. The van der Waals surface area contributed by atoms with Crippen LogP contribution in [0.2, 0.25) is 0 Å². The van der Waals surface area contributed by atoms with Crippen molar-refractivity contribution in [2.24, 2.45) is 0 Å². The van der Waals surface area contributed by atoms with Gasteiger partial charge < -0.3 is 50.8 Å². The Morgan fingerprint density at radius 3 is 1.74 bits per heavy atom. The number of hydrogen-bond donors (Lipinski definition) is 6. The molecular formula is C42H56N6O10. The van der Waals surface area contributed by atoms with Crippen LogP contribution in [-0.4, -0.2) is 90.1 Å². The van der Waals surface area contributed by atoms with E-state index in [-0.39, 0.29) is 65.2 Å². The van der Waals surface area contributed by atoms with Crippen molar-refractivity contribution in [2.75, 3.05) is 26.2 Å². The minimum Gasteiger partial charge on any atom is -0.465 e. The predicted octanol–water partition coefficient (Wildman–Crippen LogP) is 5.46. The highest BCUT2D eigenvalue weighted by atomic mass is 16.6. The number of carboxylic acid groups (broad SMARTS) is 1. The van der Waals surface area contributed by atoms with Crippen molar-refractivity contribution in [3.63, 3.8) is 0 Å². The van der Waals surface area contributed by atoms with Crippen molar-refractivity contribution in [1.29, 1.82) is 0 Å². The molecule has 0 saturated heterocycles. The Balaban J connectivity index is 1.53. The van der Waals surface area contributed by atoms with Crippen molar-refractivity contribution < 1.29 is 48.1 Å². The van der Waals surface area contributed by atoms with E-state index in [9.17, 15) is 33.9 Å². The van der Waals surface area contributed by atoms with Gasteiger partial charge in [0.25, 0.3) is 0 Å². The zero-order chi connectivity index (χ0) is 42.2. The third-order valence-corrected chi connectivity index (χ3v) is 8.34. The molecule has 0 radical (unpaired) electrons. The van der Waals surface area contributed by atoms with Crippen LogP contribution in [0.4, 0.5) is 19.2 Å². The first kappa shape index (κ1) is 46.1. The van der Waals surface area contributed by atoms with Gasteiger partial charge in [0.15, 0.2) is 0 Å². The second-order valence-corrected chi connectivity index (χ2v) is 14.4. The van der Waals surface area contributed by atoms with Gasteiger partial charge >= 0.3 is 24.4 Å². The van der Waals surface area contributed by atoms with Crippen molar-refractivity contribution in [3.8, 4) is 0 Å². The summed E-state index contributed by atoms with van der Waals surface area (Å²) in [4.78, 5) is 76.9.